The van der Waals surface area contributed by atoms with Gasteiger partial charge in [-0.15, -0.1) is 0 Å². The van der Waals surface area contributed by atoms with Gasteiger partial charge in [0.25, 0.3) is 0 Å². The maximum absolute atomic E-state index is 13.0. The van der Waals surface area contributed by atoms with Gasteiger partial charge in [0.05, 0.1) is 20.3 Å². The molecule has 3 aromatic rings. The molecule has 278 valence electrons. The van der Waals surface area contributed by atoms with Crippen LogP contribution in [0.25, 0.3) is 34.1 Å². The number of unbranched alkanes of at least 4 members (excludes halogenated alkanes) is 1. The highest BCUT2D eigenvalue weighted by Crippen LogP contribution is 2.45. The van der Waals surface area contributed by atoms with Gasteiger partial charge in [-0.3, -0.25) is 9.59 Å². The number of carbonyl (C=O) groups is 3. The van der Waals surface area contributed by atoms with Crippen LogP contribution in [-0.2, 0) is 19.1 Å². The maximum Gasteiger partial charge on any atom is 0.328 e. The summed E-state index contributed by atoms with van der Waals surface area (Å²) in [5.74, 6) is 0.275. The normalized spacial score (nSPS) is 12.5. The molecule has 0 spiro atoms. The molecule has 0 bridgehead atoms. The molecule has 0 aliphatic heterocycles. The van der Waals surface area contributed by atoms with E-state index in [-0.39, 0.29) is 18.9 Å². The summed E-state index contributed by atoms with van der Waals surface area (Å²) in [6, 6.07) is 14.8. The highest BCUT2D eigenvalue weighted by atomic mass is 16.5. The van der Waals surface area contributed by atoms with E-state index in [1.807, 2.05) is 65.0 Å². The van der Waals surface area contributed by atoms with E-state index in [0.29, 0.717) is 44.6 Å². The van der Waals surface area contributed by atoms with Crippen LogP contribution in [-0.4, -0.2) is 56.7 Å². The van der Waals surface area contributed by atoms with Crippen molar-refractivity contribution >= 4 is 40.7 Å². The van der Waals surface area contributed by atoms with E-state index in [1.54, 1.807) is 6.92 Å². The Morgan fingerprint density at radius 3 is 2.22 bits per heavy atom. The molecule has 1 unspecified atom stereocenters. The van der Waals surface area contributed by atoms with Crippen molar-refractivity contribution in [1.29, 1.82) is 0 Å². The van der Waals surface area contributed by atoms with E-state index in [9.17, 15) is 14.4 Å². The van der Waals surface area contributed by atoms with E-state index in [2.05, 4.69) is 53.1 Å². The molecule has 0 fully saturated rings. The number of allylic oxidation sites excluding steroid dienone is 2. The molecule has 3 aromatic carbocycles. The molecular weight excluding hydrogens is 642 g/mol. The molecule has 4 rings (SSSR count). The van der Waals surface area contributed by atoms with Gasteiger partial charge in [-0.25, -0.2) is 4.79 Å². The number of nitrogens with two attached hydrogens (primary N) is 1. The van der Waals surface area contributed by atoms with Crippen LogP contribution < -0.4 is 25.8 Å². The van der Waals surface area contributed by atoms with Crippen molar-refractivity contribution in [2.24, 2.45) is 5.73 Å². The molecule has 2 atom stereocenters. The van der Waals surface area contributed by atoms with E-state index < -0.39 is 24.0 Å². The van der Waals surface area contributed by atoms with E-state index >= 15 is 0 Å². The number of fused-ring (bicyclic) bond motifs is 2. The van der Waals surface area contributed by atoms with Gasteiger partial charge in [0.2, 0.25) is 11.8 Å². The Morgan fingerprint density at radius 2 is 1.51 bits per heavy atom. The number of carbonyl (C=O) groups excluding carboxylic acids is 3. The lowest BCUT2D eigenvalue weighted by atomic mass is 9.90. The number of hydrogen-bond acceptors (Lipinski definition) is 7. The molecule has 2 amide bonds. The second-order valence-corrected chi connectivity index (χ2v) is 11.4. The predicted molar refractivity (Wildman–Crippen MR) is 210 cm³/mol. The smallest absolute Gasteiger partial charge is 0.328 e. The molecule has 0 aromatic heterocycles. The predicted octanol–water partition coefficient (Wildman–Crippen LogP) is 8.23. The zero-order valence-electron chi connectivity index (χ0n) is 31.7. The summed E-state index contributed by atoms with van der Waals surface area (Å²) in [6.07, 6.45) is 12.2. The fourth-order valence-electron chi connectivity index (χ4n) is 5.75. The lowest BCUT2D eigenvalue weighted by Crippen LogP contribution is -2.51. The average molecular weight is 702 g/mol. The molecule has 4 N–H and O–H groups in total. The summed E-state index contributed by atoms with van der Waals surface area (Å²) in [5, 5.41) is 7.69. The van der Waals surface area contributed by atoms with Gasteiger partial charge in [0, 0.05) is 17.5 Å². The number of ether oxygens (including phenoxy) is 3. The van der Waals surface area contributed by atoms with Crippen LogP contribution in [0.4, 0.5) is 0 Å². The van der Waals surface area contributed by atoms with Crippen molar-refractivity contribution in [3.63, 3.8) is 0 Å². The Kier molecular flexibility index (Phi) is 19.8. The molecule has 0 radical (unpaired) electrons. The highest BCUT2D eigenvalue weighted by molar-refractivity contribution is 6.04. The van der Waals surface area contributed by atoms with Gasteiger partial charge in [0.15, 0.2) is 0 Å². The standard InChI is InChI=1S/C38H47N3O6.2C2H6/c1-4-30(38(44)45-3)41-37(43)31(18-11-12-24-39)40-34(42)19-13-25-47-33-23-21-27-15-9-10-17-29(27)36(33)35-28-16-8-6-7-14-26(28)20-22-32(35)46-5-2;2*1-2/h7-10,14-17,20-23,30-31H,4-6,11-13,18-19,24-25,39H2,1-3H3,(H,40,42)(H,41,43);2*1-2H3/t30?,31-;;/m1../s1. The first-order valence-electron chi connectivity index (χ1n) is 18.6. The minimum Gasteiger partial charge on any atom is -0.493 e. The molecule has 1 aliphatic rings. The van der Waals surface area contributed by atoms with Gasteiger partial charge in [-0.1, -0.05) is 95.3 Å². The quantitative estimate of drug-likeness (QED) is 0.0955. The number of benzene rings is 3. The molecule has 0 saturated heterocycles. The molecule has 51 heavy (non-hydrogen) atoms. The lowest BCUT2D eigenvalue weighted by Gasteiger charge is -2.22. The Morgan fingerprint density at radius 1 is 0.804 bits per heavy atom. The van der Waals surface area contributed by atoms with E-state index in [0.717, 1.165) is 51.6 Å². The monoisotopic (exact) mass is 701 g/mol. The summed E-state index contributed by atoms with van der Waals surface area (Å²) in [4.78, 5) is 38.1. The summed E-state index contributed by atoms with van der Waals surface area (Å²) < 4.78 is 17.4. The van der Waals surface area contributed by atoms with Crippen LogP contribution >= 0.6 is 0 Å². The topological polar surface area (TPSA) is 129 Å². The molecular formula is C42H59N3O6. The van der Waals surface area contributed by atoms with E-state index in [1.165, 1.54) is 7.11 Å². The zero-order valence-corrected chi connectivity index (χ0v) is 31.7. The molecule has 9 nitrogen and oxygen atoms in total. The van der Waals surface area contributed by atoms with Crippen molar-refractivity contribution in [3.05, 3.63) is 71.8 Å². The van der Waals surface area contributed by atoms with Gasteiger partial charge in [-0.2, -0.15) is 0 Å². The molecule has 0 saturated carbocycles. The number of amides is 2. The Hall–Kier alpha value is -4.63. The van der Waals surface area contributed by atoms with Crippen molar-refractivity contribution in [2.45, 2.75) is 98.6 Å². The third kappa shape index (κ3) is 12.3. The van der Waals surface area contributed by atoms with Crippen LogP contribution in [0.5, 0.6) is 11.5 Å². The van der Waals surface area contributed by atoms with Crippen LogP contribution in [0, 0.1) is 0 Å². The fourth-order valence-corrected chi connectivity index (χ4v) is 5.75. The van der Waals surface area contributed by atoms with E-state index in [4.69, 9.17) is 19.9 Å². The Bertz CT molecular complexity index is 1600. The van der Waals surface area contributed by atoms with Crippen molar-refractivity contribution in [2.75, 3.05) is 26.9 Å². The van der Waals surface area contributed by atoms with Crippen LogP contribution in [0.2, 0.25) is 0 Å². The third-order valence-corrected chi connectivity index (χ3v) is 8.15. The first-order chi connectivity index (χ1) is 24.9. The SMILES string of the molecule is CC.CC.CCOc1ccc2c(c1-c1c(OCCCC(=O)N[C@H](CCCCN)C(=O)NC(CC)C(=O)OC)ccc3ccccc13)C=CCC=C2. The largest absolute Gasteiger partial charge is 0.493 e. The number of esters is 1. The number of rotatable bonds is 17. The molecule has 9 heteroatoms. The lowest BCUT2D eigenvalue weighted by molar-refractivity contribution is -0.145. The maximum atomic E-state index is 13.0. The van der Waals surface area contributed by atoms with Crippen LogP contribution in [0.1, 0.15) is 97.6 Å². The van der Waals surface area contributed by atoms with Crippen molar-refractivity contribution in [1.82, 2.24) is 10.6 Å². The van der Waals surface area contributed by atoms with Crippen molar-refractivity contribution in [3.8, 4) is 22.6 Å². The van der Waals surface area contributed by atoms with Gasteiger partial charge in [0.1, 0.15) is 23.6 Å². The zero-order chi connectivity index (χ0) is 37.6. The highest BCUT2D eigenvalue weighted by Gasteiger charge is 2.26. The van der Waals surface area contributed by atoms with Crippen molar-refractivity contribution < 1.29 is 28.6 Å². The summed E-state index contributed by atoms with van der Waals surface area (Å²) in [6.45, 7) is 13.1. The van der Waals surface area contributed by atoms with Gasteiger partial charge in [-0.05, 0) is 86.0 Å². The molecule has 1 aliphatic carbocycles. The second kappa shape index (κ2) is 23.7. The third-order valence-electron chi connectivity index (χ3n) is 8.15. The first kappa shape index (κ1) is 42.5. The average Bonchev–Trinajstić information content (AvgIpc) is 3.42. The van der Waals surface area contributed by atoms with Gasteiger partial charge < -0.3 is 30.6 Å². The van der Waals surface area contributed by atoms with Crippen LogP contribution in [0.3, 0.4) is 0 Å². The fraction of sp³-hybridized carbons (Fsp3) is 0.452. The number of hydrogen-bond donors (Lipinski definition) is 3. The Balaban J connectivity index is 0.00000217. The summed E-state index contributed by atoms with van der Waals surface area (Å²) >= 11 is 0. The Labute approximate surface area is 305 Å². The number of methoxy groups -OCH3 is 1. The summed E-state index contributed by atoms with van der Waals surface area (Å²) in [5.41, 5.74) is 9.74. The second-order valence-electron chi connectivity index (χ2n) is 11.4. The number of nitrogens with one attached hydrogen (secondary N) is 2. The van der Waals surface area contributed by atoms with Crippen LogP contribution in [0.15, 0.2) is 60.7 Å². The summed E-state index contributed by atoms with van der Waals surface area (Å²) in [7, 11) is 1.28. The molecule has 0 heterocycles. The first-order valence-corrected chi connectivity index (χ1v) is 18.6. The minimum absolute atomic E-state index is 0.163. The minimum atomic E-state index is -0.784. The van der Waals surface area contributed by atoms with Gasteiger partial charge >= 0.3 is 5.97 Å².